The molecule has 6 heteroatoms. The molecule has 1 N–H and O–H groups in total. The van der Waals surface area contributed by atoms with Gasteiger partial charge in [-0.25, -0.2) is 0 Å². The molecule has 0 aliphatic carbocycles. The van der Waals surface area contributed by atoms with Gasteiger partial charge in [0.25, 0.3) is 5.91 Å². The van der Waals surface area contributed by atoms with Crippen LogP contribution < -0.4 is 4.74 Å². The Morgan fingerprint density at radius 3 is 2.57 bits per heavy atom. The van der Waals surface area contributed by atoms with E-state index in [1.165, 1.54) is 11.3 Å². The van der Waals surface area contributed by atoms with Gasteiger partial charge >= 0.3 is 5.97 Å². The predicted octanol–water partition coefficient (Wildman–Crippen LogP) is 2.61. The molecule has 2 aliphatic rings. The first-order chi connectivity index (χ1) is 10.1. The zero-order valence-corrected chi connectivity index (χ0v) is 12.8. The van der Waals surface area contributed by atoms with Gasteiger partial charge in [0.05, 0.1) is 12.0 Å². The Bertz CT molecular complexity index is 542. The molecule has 21 heavy (non-hydrogen) atoms. The van der Waals surface area contributed by atoms with Crippen molar-refractivity contribution >= 4 is 23.2 Å². The number of aliphatic carboxylic acids is 1. The number of carboxylic acid groups (broad SMARTS) is 1. The van der Waals surface area contributed by atoms with Crippen LogP contribution in [0.3, 0.4) is 0 Å². The molecule has 114 valence electrons. The monoisotopic (exact) mass is 309 g/mol. The third-order valence-electron chi connectivity index (χ3n) is 4.55. The number of carbonyl (C=O) groups is 2. The van der Waals surface area contributed by atoms with E-state index in [1.807, 2.05) is 10.3 Å². The van der Waals surface area contributed by atoms with Crippen molar-refractivity contribution in [3.63, 3.8) is 0 Å². The summed E-state index contributed by atoms with van der Waals surface area (Å²) in [5.74, 6) is 0.269. The predicted molar refractivity (Wildman–Crippen MR) is 78.8 cm³/mol. The number of ether oxygens (including phenoxy) is 1. The van der Waals surface area contributed by atoms with Crippen molar-refractivity contribution in [2.24, 2.45) is 5.92 Å². The Kier molecular flexibility index (Phi) is 3.89. The van der Waals surface area contributed by atoms with Gasteiger partial charge in [-0.2, -0.15) is 0 Å². The highest BCUT2D eigenvalue weighted by atomic mass is 32.1. The molecular weight excluding hydrogens is 290 g/mol. The lowest BCUT2D eigenvalue weighted by atomic mass is 9.88. The molecule has 2 unspecified atom stereocenters. The number of rotatable bonds is 4. The average Bonchev–Trinajstić information content (AvgIpc) is 3.01. The minimum atomic E-state index is -0.734. The summed E-state index contributed by atoms with van der Waals surface area (Å²) < 4.78 is 5.14. The van der Waals surface area contributed by atoms with Crippen molar-refractivity contribution in [2.45, 2.75) is 44.2 Å². The Morgan fingerprint density at radius 2 is 2.05 bits per heavy atom. The van der Waals surface area contributed by atoms with E-state index in [1.54, 1.807) is 13.2 Å². The topological polar surface area (TPSA) is 66.8 Å². The van der Waals surface area contributed by atoms with Crippen molar-refractivity contribution in [2.75, 3.05) is 7.11 Å². The van der Waals surface area contributed by atoms with Crippen LogP contribution in [0.2, 0.25) is 0 Å². The van der Waals surface area contributed by atoms with E-state index in [0.717, 1.165) is 31.4 Å². The van der Waals surface area contributed by atoms with Crippen molar-refractivity contribution < 1.29 is 19.4 Å². The molecule has 5 nitrogen and oxygen atoms in total. The van der Waals surface area contributed by atoms with Crippen molar-refractivity contribution in [1.82, 2.24) is 4.90 Å². The van der Waals surface area contributed by atoms with Crippen LogP contribution in [0.25, 0.3) is 0 Å². The molecule has 0 radical (unpaired) electrons. The fourth-order valence-electron chi connectivity index (χ4n) is 3.70. The summed E-state index contributed by atoms with van der Waals surface area (Å²) in [4.78, 5) is 26.3. The third kappa shape index (κ3) is 2.77. The van der Waals surface area contributed by atoms with Crippen molar-refractivity contribution in [3.05, 3.63) is 16.3 Å². The Morgan fingerprint density at radius 1 is 1.38 bits per heavy atom. The normalized spacial score (nSPS) is 27.7. The first-order valence-electron chi connectivity index (χ1n) is 7.25. The molecule has 2 bridgehead atoms. The lowest BCUT2D eigenvalue weighted by Gasteiger charge is -2.38. The lowest BCUT2D eigenvalue weighted by Crippen LogP contribution is -2.46. The number of carboxylic acids is 1. The van der Waals surface area contributed by atoms with Gasteiger partial charge in [-0.1, -0.05) is 0 Å². The standard InChI is InChI=1S/C15H19NO4S/c1-20-12-7-13(21-8-12)15(19)16-10-2-3-11(16)5-9(4-10)6-14(17)18/h7-11H,2-6H2,1H3,(H,17,18). The minimum absolute atomic E-state index is 0.0737. The van der Waals surface area contributed by atoms with Crippen molar-refractivity contribution in [1.29, 1.82) is 0 Å². The molecule has 0 spiro atoms. The first-order valence-corrected chi connectivity index (χ1v) is 8.13. The number of thiophene rings is 1. The van der Waals surface area contributed by atoms with Gasteiger partial charge < -0.3 is 14.7 Å². The number of fused-ring (bicyclic) bond motifs is 2. The highest BCUT2D eigenvalue weighted by Crippen LogP contribution is 2.41. The van der Waals surface area contributed by atoms with E-state index in [2.05, 4.69) is 0 Å². The maximum atomic E-state index is 12.7. The van der Waals surface area contributed by atoms with Crippen LogP contribution in [0.4, 0.5) is 0 Å². The second kappa shape index (κ2) is 5.67. The van der Waals surface area contributed by atoms with E-state index >= 15 is 0 Å². The Hall–Kier alpha value is -1.56. The zero-order valence-electron chi connectivity index (χ0n) is 11.9. The van der Waals surface area contributed by atoms with Gasteiger partial charge in [-0.3, -0.25) is 9.59 Å². The maximum absolute atomic E-state index is 12.7. The van der Waals surface area contributed by atoms with E-state index in [0.29, 0.717) is 4.88 Å². The van der Waals surface area contributed by atoms with Crippen LogP contribution in [-0.2, 0) is 4.79 Å². The summed E-state index contributed by atoms with van der Waals surface area (Å²) in [5, 5.41) is 10.8. The molecule has 2 saturated heterocycles. The summed E-state index contributed by atoms with van der Waals surface area (Å²) >= 11 is 1.41. The molecule has 2 fully saturated rings. The second-order valence-corrected chi connectivity index (χ2v) is 6.79. The average molecular weight is 309 g/mol. The fourth-order valence-corrected chi connectivity index (χ4v) is 4.50. The number of methoxy groups -OCH3 is 1. The highest BCUT2D eigenvalue weighted by Gasteiger charge is 2.44. The number of nitrogens with zero attached hydrogens (tertiary/aromatic N) is 1. The molecule has 2 atom stereocenters. The highest BCUT2D eigenvalue weighted by molar-refractivity contribution is 7.12. The number of hydrogen-bond acceptors (Lipinski definition) is 4. The van der Waals surface area contributed by atoms with Gasteiger partial charge in [0.1, 0.15) is 5.75 Å². The molecule has 1 aromatic heterocycles. The van der Waals surface area contributed by atoms with E-state index < -0.39 is 5.97 Å². The van der Waals surface area contributed by atoms with E-state index in [-0.39, 0.29) is 30.3 Å². The van der Waals surface area contributed by atoms with Crippen molar-refractivity contribution in [3.8, 4) is 5.75 Å². The Labute approximate surface area is 127 Å². The van der Waals surface area contributed by atoms with Gasteiger partial charge in [-0.15, -0.1) is 11.3 Å². The van der Waals surface area contributed by atoms with E-state index in [4.69, 9.17) is 9.84 Å². The molecule has 2 aliphatic heterocycles. The maximum Gasteiger partial charge on any atom is 0.303 e. The molecule has 0 aromatic carbocycles. The van der Waals surface area contributed by atoms with Gasteiger partial charge in [0, 0.05) is 30.0 Å². The Balaban J connectivity index is 1.72. The number of piperidine rings is 1. The van der Waals surface area contributed by atoms with Gasteiger partial charge in [0.15, 0.2) is 0 Å². The van der Waals surface area contributed by atoms with Crippen LogP contribution in [0, 0.1) is 5.92 Å². The quantitative estimate of drug-likeness (QED) is 0.928. The summed E-state index contributed by atoms with van der Waals surface area (Å²) in [5.41, 5.74) is 0. The lowest BCUT2D eigenvalue weighted by molar-refractivity contribution is -0.138. The molecule has 0 saturated carbocycles. The number of hydrogen-bond donors (Lipinski definition) is 1. The molecule has 1 amide bonds. The summed E-state index contributed by atoms with van der Waals surface area (Å²) in [6.07, 6.45) is 3.85. The first kappa shape index (κ1) is 14.4. The summed E-state index contributed by atoms with van der Waals surface area (Å²) in [7, 11) is 1.59. The van der Waals surface area contributed by atoms with Gasteiger partial charge in [-0.05, 0) is 31.6 Å². The smallest absolute Gasteiger partial charge is 0.303 e. The zero-order chi connectivity index (χ0) is 15.0. The number of amides is 1. The van der Waals surface area contributed by atoms with Crippen LogP contribution in [0.1, 0.15) is 41.8 Å². The third-order valence-corrected chi connectivity index (χ3v) is 5.45. The largest absolute Gasteiger partial charge is 0.496 e. The number of carbonyl (C=O) groups excluding carboxylic acids is 1. The summed E-state index contributed by atoms with van der Waals surface area (Å²) in [6.45, 7) is 0. The molecular formula is C15H19NO4S. The van der Waals surface area contributed by atoms with E-state index in [9.17, 15) is 9.59 Å². The van der Waals surface area contributed by atoms with Crippen LogP contribution >= 0.6 is 11.3 Å². The van der Waals surface area contributed by atoms with Gasteiger partial charge in [0.2, 0.25) is 0 Å². The second-order valence-electron chi connectivity index (χ2n) is 5.88. The van der Waals surface area contributed by atoms with Crippen LogP contribution in [0.5, 0.6) is 5.75 Å². The molecule has 3 heterocycles. The van der Waals surface area contributed by atoms with Crippen LogP contribution in [0.15, 0.2) is 11.4 Å². The minimum Gasteiger partial charge on any atom is -0.496 e. The molecule has 1 aromatic rings. The van der Waals surface area contributed by atoms with Crippen LogP contribution in [-0.4, -0.2) is 41.1 Å². The fraction of sp³-hybridized carbons (Fsp3) is 0.600. The summed E-state index contributed by atoms with van der Waals surface area (Å²) in [6, 6.07) is 2.19. The molecule has 3 rings (SSSR count). The SMILES string of the molecule is COc1csc(C(=O)N2C3CCC2CC(CC(=O)O)C3)c1.